The zero-order chi connectivity index (χ0) is 9.91. The largest absolute Gasteiger partial charge is 0.643 e. The summed E-state index contributed by atoms with van der Waals surface area (Å²) in [4.78, 5) is 0. The van der Waals surface area contributed by atoms with E-state index in [0.29, 0.717) is 0 Å². The fourth-order valence-electron chi connectivity index (χ4n) is 1.53. The molecular weight excluding hydrogens is 175 g/mol. The Morgan fingerprint density at radius 1 is 1.15 bits per heavy atom. The number of aliphatic hydroxyl groups is 2. The predicted octanol–water partition coefficient (Wildman–Crippen LogP) is -0.734. The van der Waals surface area contributed by atoms with E-state index >= 15 is 0 Å². The molecular formula is C7H13BO5. The van der Waals surface area contributed by atoms with E-state index in [1.807, 2.05) is 0 Å². The SMILES string of the molecule is CC1(O)COB2OC(C)(O2)C1(C)O. The number of rotatable bonds is 0. The molecule has 3 aliphatic rings. The van der Waals surface area contributed by atoms with Crippen molar-refractivity contribution in [1.82, 2.24) is 0 Å². The highest BCUT2D eigenvalue weighted by Crippen LogP contribution is 2.45. The van der Waals surface area contributed by atoms with Gasteiger partial charge in [0.2, 0.25) is 0 Å². The van der Waals surface area contributed by atoms with Crippen LogP contribution in [0.1, 0.15) is 20.8 Å². The van der Waals surface area contributed by atoms with Gasteiger partial charge in [0.05, 0.1) is 6.61 Å². The third-order valence-electron chi connectivity index (χ3n) is 3.08. The van der Waals surface area contributed by atoms with Crippen molar-refractivity contribution in [3.63, 3.8) is 0 Å². The van der Waals surface area contributed by atoms with E-state index < -0.39 is 24.3 Å². The lowest BCUT2D eigenvalue weighted by Crippen LogP contribution is -2.71. The van der Waals surface area contributed by atoms with Gasteiger partial charge in [-0.15, -0.1) is 0 Å². The molecule has 0 aromatic rings. The minimum atomic E-state index is -1.49. The number of hydrogen-bond donors (Lipinski definition) is 2. The Bertz CT molecular complexity index is 226. The fraction of sp³-hybridized carbons (Fsp3) is 1.00. The Labute approximate surface area is 76.8 Å². The highest BCUT2D eigenvalue weighted by Gasteiger charge is 2.68. The first-order chi connectivity index (χ1) is 5.79. The van der Waals surface area contributed by atoms with Gasteiger partial charge < -0.3 is 24.2 Å². The van der Waals surface area contributed by atoms with Crippen molar-refractivity contribution < 1.29 is 24.2 Å². The normalized spacial score (nSPS) is 55.6. The summed E-state index contributed by atoms with van der Waals surface area (Å²) < 4.78 is 15.4. The quantitative estimate of drug-likeness (QED) is 0.490. The zero-order valence-corrected chi connectivity index (χ0v) is 7.90. The van der Waals surface area contributed by atoms with Crippen LogP contribution in [-0.2, 0) is 14.0 Å². The van der Waals surface area contributed by atoms with E-state index in [4.69, 9.17) is 14.0 Å². The van der Waals surface area contributed by atoms with Crippen LogP contribution in [-0.4, -0.2) is 41.1 Å². The molecule has 6 heteroatoms. The third-order valence-corrected chi connectivity index (χ3v) is 3.08. The molecule has 3 heterocycles. The molecule has 0 saturated carbocycles. The molecule has 3 saturated heterocycles. The van der Waals surface area contributed by atoms with Crippen molar-refractivity contribution in [3.05, 3.63) is 0 Å². The highest BCUT2D eigenvalue weighted by molar-refractivity contribution is 6.39. The third kappa shape index (κ3) is 1.01. The van der Waals surface area contributed by atoms with Crippen molar-refractivity contribution in [2.75, 3.05) is 6.61 Å². The molecule has 0 aromatic heterocycles. The summed E-state index contributed by atoms with van der Waals surface area (Å²) in [5, 5.41) is 20.0. The van der Waals surface area contributed by atoms with Crippen LogP contribution in [0.15, 0.2) is 0 Å². The Morgan fingerprint density at radius 2 is 1.69 bits per heavy atom. The minimum Gasteiger partial charge on any atom is -0.385 e. The van der Waals surface area contributed by atoms with E-state index in [-0.39, 0.29) is 6.61 Å². The maximum absolute atomic E-state index is 10.1. The summed E-state index contributed by atoms with van der Waals surface area (Å²) in [5.41, 5.74) is -2.87. The van der Waals surface area contributed by atoms with Gasteiger partial charge in [-0.05, 0) is 20.8 Å². The van der Waals surface area contributed by atoms with E-state index in [2.05, 4.69) is 0 Å². The van der Waals surface area contributed by atoms with Gasteiger partial charge in [-0.2, -0.15) is 0 Å². The van der Waals surface area contributed by atoms with Gasteiger partial charge in [-0.1, -0.05) is 0 Å². The first-order valence-electron chi connectivity index (χ1n) is 4.20. The molecule has 0 amide bonds. The number of hydrogen-bond acceptors (Lipinski definition) is 5. The maximum atomic E-state index is 10.1. The van der Waals surface area contributed by atoms with Crippen LogP contribution in [0, 0.1) is 0 Å². The van der Waals surface area contributed by atoms with Crippen LogP contribution in [0.25, 0.3) is 0 Å². The van der Waals surface area contributed by atoms with Gasteiger partial charge in [-0.3, -0.25) is 0 Å². The van der Waals surface area contributed by atoms with Crippen LogP contribution >= 0.6 is 0 Å². The van der Waals surface area contributed by atoms with Crippen LogP contribution in [0.2, 0.25) is 0 Å². The Hall–Kier alpha value is -0.135. The monoisotopic (exact) mass is 188 g/mol. The Kier molecular flexibility index (Phi) is 1.64. The van der Waals surface area contributed by atoms with E-state index in [0.717, 1.165) is 0 Å². The molecule has 3 fully saturated rings. The molecule has 0 radical (unpaired) electrons. The molecule has 0 aromatic carbocycles. The van der Waals surface area contributed by atoms with Gasteiger partial charge in [0.25, 0.3) is 0 Å². The summed E-state index contributed by atoms with van der Waals surface area (Å²) in [6.07, 6.45) is 0. The van der Waals surface area contributed by atoms with Gasteiger partial charge >= 0.3 is 7.32 Å². The second-order valence-corrected chi connectivity index (χ2v) is 4.13. The predicted molar refractivity (Wildman–Crippen MR) is 43.5 cm³/mol. The lowest BCUT2D eigenvalue weighted by atomic mass is 9.78. The summed E-state index contributed by atoms with van der Waals surface area (Å²) in [6.45, 7) is 4.52. The Morgan fingerprint density at radius 3 is 2.23 bits per heavy atom. The smallest absolute Gasteiger partial charge is 0.385 e. The van der Waals surface area contributed by atoms with Gasteiger partial charge in [0.15, 0.2) is 5.79 Å². The fourth-order valence-corrected chi connectivity index (χ4v) is 1.53. The summed E-state index contributed by atoms with van der Waals surface area (Å²) in [5.74, 6) is -1.18. The van der Waals surface area contributed by atoms with Crippen LogP contribution in [0.5, 0.6) is 0 Å². The summed E-state index contributed by atoms with van der Waals surface area (Å²) in [7, 11) is -0.759. The summed E-state index contributed by atoms with van der Waals surface area (Å²) in [6, 6.07) is 0. The lowest BCUT2D eigenvalue weighted by Gasteiger charge is -2.51. The van der Waals surface area contributed by atoms with Crippen molar-refractivity contribution in [2.45, 2.75) is 37.8 Å². The Balaban J connectivity index is 2.36. The molecule has 5 nitrogen and oxygen atoms in total. The van der Waals surface area contributed by atoms with Crippen molar-refractivity contribution in [2.24, 2.45) is 0 Å². The van der Waals surface area contributed by atoms with E-state index in [1.165, 1.54) is 13.8 Å². The van der Waals surface area contributed by atoms with Crippen molar-refractivity contribution in [3.8, 4) is 0 Å². The molecule has 0 aliphatic carbocycles. The van der Waals surface area contributed by atoms with Crippen LogP contribution in [0.3, 0.4) is 0 Å². The van der Waals surface area contributed by atoms with Crippen molar-refractivity contribution in [1.29, 1.82) is 0 Å². The summed E-state index contributed by atoms with van der Waals surface area (Å²) >= 11 is 0. The van der Waals surface area contributed by atoms with Gasteiger partial charge in [-0.25, -0.2) is 0 Å². The first kappa shape index (κ1) is 9.42. The molecule has 74 valence electrons. The minimum absolute atomic E-state index is 0.0136. The van der Waals surface area contributed by atoms with Crippen molar-refractivity contribution >= 4 is 7.32 Å². The molecule has 0 spiro atoms. The van der Waals surface area contributed by atoms with E-state index in [1.54, 1.807) is 6.92 Å². The van der Waals surface area contributed by atoms with Gasteiger partial charge in [0.1, 0.15) is 11.2 Å². The average molecular weight is 188 g/mol. The highest BCUT2D eigenvalue weighted by atomic mass is 16.9. The molecule has 13 heavy (non-hydrogen) atoms. The first-order valence-corrected chi connectivity index (χ1v) is 4.20. The molecule has 2 unspecified atom stereocenters. The molecule has 2 atom stereocenters. The van der Waals surface area contributed by atoms with Crippen LogP contribution in [0.4, 0.5) is 0 Å². The maximum Gasteiger partial charge on any atom is 0.643 e. The lowest BCUT2D eigenvalue weighted by molar-refractivity contribution is -0.328. The zero-order valence-electron chi connectivity index (χ0n) is 7.90. The standard InChI is InChI=1S/C7H13BO5/c1-5(9)4-11-8-12-7(3,13-8)6(5,2)10/h9-10H,4H2,1-3H3. The van der Waals surface area contributed by atoms with E-state index in [9.17, 15) is 10.2 Å². The average Bonchev–Trinajstić information content (AvgIpc) is 2.01. The number of fused-ring (bicyclic) bond motifs is 3. The van der Waals surface area contributed by atoms with Gasteiger partial charge in [0, 0.05) is 0 Å². The molecule has 3 aliphatic heterocycles. The molecule has 3 rings (SSSR count). The topological polar surface area (TPSA) is 68.2 Å². The second-order valence-electron chi connectivity index (χ2n) is 4.13. The molecule has 2 N–H and O–H groups in total. The molecule has 2 bridgehead atoms. The van der Waals surface area contributed by atoms with Crippen LogP contribution < -0.4 is 0 Å². The second kappa shape index (κ2) is 2.27.